The Morgan fingerprint density at radius 2 is 1.86 bits per heavy atom. The Bertz CT molecular complexity index is 482. The average molecular weight is 309 g/mol. The van der Waals surface area contributed by atoms with Crippen LogP contribution in [-0.2, 0) is 5.41 Å². The Labute approximate surface area is 132 Å². The van der Waals surface area contributed by atoms with E-state index in [-0.39, 0.29) is 5.41 Å². The van der Waals surface area contributed by atoms with Crippen molar-refractivity contribution < 1.29 is 4.79 Å². The van der Waals surface area contributed by atoms with E-state index in [1.807, 2.05) is 0 Å². The van der Waals surface area contributed by atoms with Gasteiger partial charge in [-0.1, -0.05) is 46.0 Å². The van der Waals surface area contributed by atoms with Crippen molar-refractivity contribution in [2.45, 2.75) is 40.0 Å². The third-order valence-corrected chi connectivity index (χ3v) is 4.77. The van der Waals surface area contributed by atoms with Gasteiger partial charge in [0.2, 0.25) is 0 Å². The molecule has 0 atom stereocenters. The van der Waals surface area contributed by atoms with E-state index in [2.05, 4.69) is 44.4 Å². The number of carbonyl (C=O) groups excluding carboxylic acids is 1. The van der Waals surface area contributed by atoms with Crippen molar-refractivity contribution in [3.05, 3.63) is 10.6 Å². The first-order valence-corrected chi connectivity index (χ1v) is 8.56. The highest BCUT2D eigenvalue weighted by atomic mass is 32.1. The minimum Gasteiger partial charge on any atom is -0.346 e. The van der Waals surface area contributed by atoms with Crippen LogP contribution in [0.4, 0.5) is 5.13 Å². The van der Waals surface area contributed by atoms with E-state index in [1.54, 1.807) is 0 Å². The molecule has 0 saturated carbocycles. The second kappa shape index (κ2) is 6.44. The number of carbonyl (C=O) groups is 1. The van der Waals surface area contributed by atoms with E-state index in [0.29, 0.717) is 5.92 Å². The minimum absolute atomic E-state index is 0.0789. The van der Waals surface area contributed by atoms with Gasteiger partial charge in [-0.2, -0.15) is 0 Å². The van der Waals surface area contributed by atoms with Crippen LogP contribution in [0.25, 0.3) is 0 Å². The molecule has 0 unspecified atom stereocenters. The van der Waals surface area contributed by atoms with Gasteiger partial charge >= 0.3 is 0 Å². The molecule has 0 amide bonds. The molecule has 0 bridgehead atoms. The predicted molar refractivity (Wildman–Crippen MR) is 89.7 cm³/mol. The summed E-state index contributed by atoms with van der Waals surface area (Å²) in [6, 6.07) is 0. The van der Waals surface area contributed by atoms with Crippen LogP contribution in [0.1, 0.15) is 50.0 Å². The standard InChI is InChI=1S/C16H27N3OS/c1-12(2)10-18-6-8-19(9-7-18)15-17-14(16(3,4)5)13(11-20)21-15/h11-12H,6-10H2,1-5H3. The Balaban J connectivity index is 2.07. The minimum atomic E-state index is -0.0789. The van der Waals surface area contributed by atoms with Gasteiger partial charge in [0.25, 0.3) is 0 Å². The number of aromatic nitrogens is 1. The van der Waals surface area contributed by atoms with Crippen LogP contribution < -0.4 is 4.90 Å². The maximum atomic E-state index is 11.3. The lowest BCUT2D eigenvalue weighted by Crippen LogP contribution is -2.47. The van der Waals surface area contributed by atoms with Crippen molar-refractivity contribution in [1.82, 2.24) is 9.88 Å². The summed E-state index contributed by atoms with van der Waals surface area (Å²) in [4.78, 5) is 21.7. The fourth-order valence-corrected chi connectivity index (χ4v) is 3.85. The van der Waals surface area contributed by atoms with Gasteiger partial charge in [0.15, 0.2) is 11.4 Å². The zero-order chi connectivity index (χ0) is 15.6. The average Bonchev–Trinajstić information content (AvgIpc) is 2.83. The van der Waals surface area contributed by atoms with E-state index >= 15 is 0 Å². The lowest BCUT2D eigenvalue weighted by molar-refractivity contribution is 0.112. The highest BCUT2D eigenvalue weighted by molar-refractivity contribution is 7.17. The highest BCUT2D eigenvalue weighted by Gasteiger charge is 2.26. The van der Waals surface area contributed by atoms with Crippen molar-refractivity contribution in [3.8, 4) is 0 Å². The van der Waals surface area contributed by atoms with Gasteiger partial charge in [-0.15, -0.1) is 0 Å². The monoisotopic (exact) mass is 309 g/mol. The molecular formula is C16H27N3OS. The van der Waals surface area contributed by atoms with Gasteiger partial charge in [-0.05, 0) is 5.92 Å². The zero-order valence-corrected chi connectivity index (χ0v) is 14.7. The third kappa shape index (κ3) is 4.04. The summed E-state index contributed by atoms with van der Waals surface area (Å²) < 4.78 is 0. The molecule has 21 heavy (non-hydrogen) atoms. The Morgan fingerprint density at radius 3 is 2.29 bits per heavy atom. The van der Waals surface area contributed by atoms with Gasteiger partial charge < -0.3 is 4.90 Å². The highest BCUT2D eigenvalue weighted by Crippen LogP contribution is 2.33. The lowest BCUT2D eigenvalue weighted by Gasteiger charge is -2.35. The normalized spacial score (nSPS) is 17.5. The number of nitrogens with zero attached hydrogens (tertiary/aromatic N) is 3. The van der Waals surface area contributed by atoms with Crippen molar-refractivity contribution in [1.29, 1.82) is 0 Å². The van der Waals surface area contributed by atoms with Gasteiger partial charge in [0, 0.05) is 38.1 Å². The number of hydrogen-bond donors (Lipinski definition) is 0. The van der Waals surface area contributed by atoms with Crippen molar-refractivity contribution in [3.63, 3.8) is 0 Å². The summed E-state index contributed by atoms with van der Waals surface area (Å²) in [7, 11) is 0. The lowest BCUT2D eigenvalue weighted by atomic mass is 9.91. The molecule has 5 heteroatoms. The molecule has 2 heterocycles. The SMILES string of the molecule is CC(C)CN1CCN(c2nc(C(C)(C)C)c(C=O)s2)CC1. The molecule has 0 N–H and O–H groups in total. The maximum absolute atomic E-state index is 11.3. The number of rotatable bonds is 4. The van der Waals surface area contributed by atoms with Crippen molar-refractivity contribution in [2.75, 3.05) is 37.6 Å². The van der Waals surface area contributed by atoms with Gasteiger partial charge in [0.1, 0.15) is 0 Å². The van der Waals surface area contributed by atoms with Crippen LogP contribution in [0.15, 0.2) is 0 Å². The van der Waals surface area contributed by atoms with E-state index in [9.17, 15) is 4.79 Å². The molecule has 1 aliphatic heterocycles. The van der Waals surface area contributed by atoms with Crippen LogP contribution >= 0.6 is 11.3 Å². The molecule has 0 spiro atoms. The van der Waals surface area contributed by atoms with Crippen molar-refractivity contribution >= 4 is 22.8 Å². The Morgan fingerprint density at radius 1 is 1.24 bits per heavy atom. The van der Waals surface area contributed by atoms with Gasteiger partial charge in [-0.25, -0.2) is 4.98 Å². The molecule has 118 valence electrons. The smallest absolute Gasteiger partial charge is 0.186 e. The summed E-state index contributed by atoms with van der Waals surface area (Å²) in [5.41, 5.74) is 0.854. The van der Waals surface area contributed by atoms with Crippen LogP contribution in [0, 0.1) is 5.92 Å². The predicted octanol–water partition coefficient (Wildman–Crippen LogP) is 3.03. The fraction of sp³-hybridized carbons (Fsp3) is 0.750. The molecule has 1 saturated heterocycles. The van der Waals surface area contributed by atoms with Crippen LogP contribution in [0.2, 0.25) is 0 Å². The summed E-state index contributed by atoms with van der Waals surface area (Å²) >= 11 is 1.54. The number of aldehydes is 1. The Hall–Kier alpha value is -0.940. The van der Waals surface area contributed by atoms with E-state index in [4.69, 9.17) is 4.98 Å². The first-order valence-electron chi connectivity index (χ1n) is 7.75. The zero-order valence-electron chi connectivity index (χ0n) is 13.8. The van der Waals surface area contributed by atoms with E-state index in [1.165, 1.54) is 17.9 Å². The molecule has 1 aromatic rings. The number of anilines is 1. The largest absolute Gasteiger partial charge is 0.346 e. The molecule has 0 aromatic carbocycles. The van der Waals surface area contributed by atoms with Crippen LogP contribution in [0.3, 0.4) is 0 Å². The van der Waals surface area contributed by atoms with Gasteiger partial charge in [-0.3, -0.25) is 9.69 Å². The molecule has 0 radical (unpaired) electrons. The first kappa shape index (κ1) is 16.4. The topological polar surface area (TPSA) is 36.4 Å². The molecule has 1 fully saturated rings. The summed E-state index contributed by atoms with van der Waals surface area (Å²) in [6.45, 7) is 16.2. The molecule has 1 aromatic heterocycles. The number of hydrogen-bond acceptors (Lipinski definition) is 5. The van der Waals surface area contributed by atoms with Crippen LogP contribution in [-0.4, -0.2) is 48.9 Å². The molecule has 0 aliphatic carbocycles. The van der Waals surface area contributed by atoms with Crippen molar-refractivity contribution in [2.24, 2.45) is 5.92 Å². The van der Waals surface area contributed by atoms with Gasteiger partial charge in [0.05, 0.1) is 10.6 Å². The fourth-order valence-electron chi connectivity index (χ4n) is 2.71. The maximum Gasteiger partial charge on any atom is 0.186 e. The van der Waals surface area contributed by atoms with E-state index in [0.717, 1.165) is 48.2 Å². The summed E-state index contributed by atoms with van der Waals surface area (Å²) in [5, 5.41) is 1.01. The first-order chi connectivity index (χ1) is 9.81. The summed E-state index contributed by atoms with van der Waals surface area (Å²) in [6.07, 6.45) is 0.955. The molecule has 1 aliphatic rings. The summed E-state index contributed by atoms with van der Waals surface area (Å²) in [5.74, 6) is 0.713. The van der Waals surface area contributed by atoms with Crippen LogP contribution in [0.5, 0.6) is 0 Å². The Kier molecular flexibility index (Phi) is 5.04. The molecule has 2 rings (SSSR count). The second-order valence-electron chi connectivity index (χ2n) is 7.26. The third-order valence-electron chi connectivity index (χ3n) is 3.73. The number of thiazole rings is 1. The second-order valence-corrected chi connectivity index (χ2v) is 8.27. The number of piperazine rings is 1. The quantitative estimate of drug-likeness (QED) is 0.801. The van der Waals surface area contributed by atoms with E-state index < -0.39 is 0 Å². The molecule has 4 nitrogen and oxygen atoms in total. The molecular weight excluding hydrogens is 282 g/mol.